The van der Waals surface area contributed by atoms with Gasteiger partial charge in [0.2, 0.25) is 0 Å². The number of carbonyl (C=O) groups is 3. The Kier molecular flexibility index (Phi) is 53.2. The van der Waals surface area contributed by atoms with Crippen molar-refractivity contribution in [3.63, 3.8) is 0 Å². The van der Waals surface area contributed by atoms with E-state index in [4.69, 9.17) is 14.2 Å². The Labute approximate surface area is 410 Å². The number of esters is 3. The first-order chi connectivity index (χ1) is 32.5. The van der Waals surface area contributed by atoms with Crippen LogP contribution in [-0.4, -0.2) is 37.2 Å². The van der Waals surface area contributed by atoms with Crippen LogP contribution in [0.25, 0.3) is 0 Å². The lowest BCUT2D eigenvalue weighted by atomic mass is 10.0. The fourth-order valence-electron chi connectivity index (χ4n) is 8.46. The highest BCUT2D eigenvalue weighted by molar-refractivity contribution is 5.71. The average molecular weight is 928 g/mol. The average Bonchev–Trinajstić information content (AvgIpc) is 3.31. The van der Waals surface area contributed by atoms with Crippen molar-refractivity contribution in [2.45, 2.75) is 316 Å². The van der Waals surface area contributed by atoms with Crippen molar-refractivity contribution >= 4 is 17.9 Å². The molecular formula is C60H110O6. The molecule has 0 aliphatic heterocycles. The van der Waals surface area contributed by atoms with Gasteiger partial charge in [-0.2, -0.15) is 0 Å². The summed E-state index contributed by atoms with van der Waals surface area (Å²) in [7, 11) is 0. The minimum atomic E-state index is -0.776. The summed E-state index contributed by atoms with van der Waals surface area (Å²) in [5, 5.41) is 0. The number of carbonyl (C=O) groups excluding carboxylic acids is 3. The van der Waals surface area contributed by atoms with E-state index in [2.05, 4.69) is 57.2 Å². The molecule has 0 rings (SSSR count). The van der Waals surface area contributed by atoms with Crippen molar-refractivity contribution in [2.75, 3.05) is 13.2 Å². The molecule has 0 unspecified atom stereocenters. The Balaban J connectivity index is 4.35. The summed E-state index contributed by atoms with van der Waals surface area (Å²) in [4.78, 5) is 38.1. The topological polar surface area (TPSA) is 78.9 Å². The molecule has 0 N–H and O–H groups in total. The fraction of sp³-hybridized carbons (Fsp3) is 0.850. The molecule has 0 saturated heterocycles. The number of hydrogen-bond donors (Lipinski definition) is 0. The van der Waals surface area contributed by atoms with Crippen LogP contribution in [0.5, 0.6) is 0 Å². The van der Waals surface area contributed by atoms with E-state index in [1.54, 1.807) is 0 Å². The third-order valence-electron chi connectivity index (χ3n) is 12.9. The van der Waals surface area contributed by atoms with Gasteiger partial charge in [0, 0.05) is 19.3 Å². The molecule has 0 aromatic rings. The van der Waals surface area contributed by atoms with E-state index < -0.39 is 6.10 Å². The third kappa shape index (κ3) is 52.6. The van der Waals surface area contributed by atoms with Gasteiger partial charge in [-0.1, -0.05) is 256 Å². The molecule has 0 amide bonds. The van der Waals surface area contributed by atoms with Crippen LogP contribution in [0.3, 0.4) is 0 Å². The minimum absolute atomic E-state index is 0.0755. The Morgan fingerprint density at radius 3 is 0.894 bits per heavy atom. The second-order valence-corrected chi connectivity index (χ2v) is 19.6. The van der Waals surface area contributed by atoms with Gasteiger partial charge in [-0.25, -0.2) is 0 Å². The summed E-state index contributed by atoms with van der Waals surface area (Å²) in [5.74, 6) is -0.876. The molecule has 0 aliphatic carbocycles. The predicted molar refractivity (Wildman–Crippen MR) is 284 cm³/mol. The van der Waals surface area contributed by atoms with Crippen LogP contribution in [0.4, 0.5) is 0 Å². The molecule has 0 heterocycles. The number of hydrogen-bond acceptors (Lipinski definition) is 6. The van der Waals surface area contributed by atoms with Gasteiger partial charge in [0.15, 0.2) is 6.10 Å². The lowest BCUT2D eigenvalue weighted by Crippen LogP contribution is -2.30. The molecule has 0 aromatic carbocycles. The zero-order chi connectivity index (χ0) is 47.9. The predicted octanol–water partition coefficient (Wildman–Crippen LogP) is 19.3. The molecule has 386 valence electrons. The summed E-state index contributed by atoms with van der Waals surface area (Å²) < 4.78 is 16.9. The van der Waals surface area contributed by atoms with Crippen molar-refractivity contribution in [3.05, 3.63) is 36.5 Å². The fourth-order valence-corrected chi connectivity index (χ4v) is 8.46. The van der Waals surface area contributed by atoms with E-state index in [9.17, 15) is 14.4 Å². The van der Waals surface area contributed by atoms with E-state index in [0.717, 1.165) is 77.0 Å². The summed E-state index contributed by atoms with van der Waals surface area (Å²) in [6, 6.07) is 0. The van der Waals surface area contributed by atoms with Crippen LogP contribution in [0, 0.1) is 0 Å². The zero-order valence-corrected chi connectivity index (χ0v) is 44.2. The first-order valence-corrected chi connectivity index (χ1v) is 29.0. The molecule has 0 radical (unpaired) electrons. The smallest absolute Gasteiger partial charge is 0.306 e. The minimum Gasteiger partial charge on any atom is -0.462 e. The van der Waals surface area contributed by atoms with Gasteiger partial charge in [0.25, 0.3) is 0 Å². The van der Waals surface area contributed by atoms with E-state index >= 15 is 0 Å². The molecule has 0 fully saturated rings. The Bertz CT molecular complexity index is 1110. The largest absolute Gasteiger partial charge is 0.462 e. The van der Waals surface area contributed by atoms with Crippen LogP contribution < -0.4 is 0 Å². The number of allylic oxidation sites excluding steroid dienone is 6. The zero-order valence-electron chi connectivity index (χ0n) is 44.2. The molecule has 0 aromatic heterocycles. The SMILES string of the molecule is CCCC/C=C\C/C=C\CCCCCCCC(=O)OC[C@H](COC(=O)CCCCCCCCC/C=C\CCCCCCCC)OC(=O)CCCCCCCCCCCCCCCCCCC. The number of ether oxygens (including phenoxy) is 3. The number of unbranched alkanes of at least 4 members (excludes halogenated alkanes) is 36. The maximum atomic E-state index is 12.9. The van der Waals surface area contributed by atoms with Gasteiger partial charge in [0.1, 0.15) is 13.2 Å². The molecule has 0 bridgehead atoms. The van der Waals surface area contributed by atoms with Crippen LogP contribution in [0.2, 0.25) is 0 Å². The van der Waals surface area contributed by atoms with Crippen molar-refractivity contribution < 1.29 is 28.6 Å². The highest BCUT2D eigenvalue weighted by Gasteiger charge is 2.19. The molecule has 0 aliphatic rings. The lowest BCUT2D eigenvalue weighted by Gasteiger charge is -2.18. The van der Waals surface area contributed by atoms with Gasteiger partial charge in [0.05, 0.1) is 0 Å². The molecular weight excluding hydrogens is 817 g/mol. The maximum Gasteiger partial charge on any atom is 0.306 e. The van der Waals surface area contributed by atoms with E-state index in [1.807, 2.05) is 0 Å². The van der Waals surface area contributed by atoms with Gasteiger partial charge in [-0.05, 0) is 70.6 Å². The quantitative estimate of drug-likeness (QED) is 0.0262. The molecule has 66 heavy (non-hydrogen) atoms. The van der Waals surface area contributed by atoms with Crippen LogP contribution >= 0.6 is 0 Å². The van der Waals surface area contributed by atoms with Crippen molar-refractivity contribution in [3.8, 4) is 0 Å². The van der Waals surface area contributed by atoms with Gasteiger partial charge in [-0.3, -0.25) is 14.4 Å². The first kappa shape index (κ1) is 63.6. The summed E-state index contributed by atoms with van der Waals surface area (Å²) in [6.07, 6.45) is 65.6. The molecule has 1 atom stereocenters. The van der Waals surface area contributed by atoms with Crippen molar-refractivity contribution in [1.82, 2.24) is 0 Å². The van der Waals surface area contributed by atoms with Gasteiger partial charge >= 0.3 is 17.9 Å². The standard InChI is InChI=1S/C60H110O6/c1-4-7-10-13-16-19-22-25-28-30-32-35-38-41-44-47-50-53-59(62)65-56-57(55-64-58(61)52-49-46-43-40-37-34-27-24-21-18-15-12-9-6-3)66-60(63)54-51-48-45-42-39-36-33-31-29-26-23-20-17-14-11-8-5-2/h15,18,24-25,27-28,57H,4-14,16-17,19-23,26,29-56H2,1-3H3/b18-15-,27-24-,28-25-/t57-/m1/s1. The molecule has 0 saturated carbocycles. The summed E-state index contributed by atoms with van der Waals surface area (Å²) in [5.41, 5.74) is 0. The Morgan fingerprint density at radius 2 is 0.561 bits per heavy atom. The van der Waals surface area contributed by atoms with Crippen LogP contribution in [0.15, 0.2) is 36.5 Å². The highest BCUT2D eigenvalue weighted by Crippen LogP contribution is 2.16. The first-order valence-electron chi connectivity index (χ1n) is 29.0. The summed E-state index contributed by atoms with van der Waals surface area (Å²) in [6.45, 7) is 6.62. The van der Waals surface area contributed by atoms with E-state index in [-0.39, 0.29) is 31.1 Å². The Morgan fingerprint density at radius 1 is 0.303 bits per heavy atom. The maximum absolute atomic E-state index is 12.9. The number of rotatable bonds is 53. The molecule has 0 spiro atoms. The molecule has 6 heteroatoms. The van der Waals surface area contributed by atoms with Crippen LogP contribution in [-0.2, 0) is 28.6 Å². The second-order valence-electron chi connectivity index (χ2n) is 19.6. The summed E-state index contributed by atoms with van der Waals surface area (Å²) >= 11 is 0. The van der Waals surface area contributed by atoms with Crippen LogP contribution in [0.1, 0.15) is 310 Å². The lowest BCUT2D eigenvalue weighted by molar-refractivity contribution is -0.167. The van der Waals surface area contributed by atoms with E-state index in [1.165, 1.54) is 193 Å². The monoisotopic (exact) mass is 927 g/mol. The third-order valence-corrected chi connectivity index (χ3v) is 12.9. The van der Waals surface area contributed by atoms with Gasteiger partial charge < -0.3 is 14.2 Å². The van der Waals surface area contributed by atoms with Crippen molar-refractivity contribution in [1.29, 1.82) is 0 Å². The highest BCUT2D eigenvalue weighted by atomic mass is 16.6. The van der Waals surface area contributed by atoms with Gasteiger partial charge in [-0.15, -0.1) is 0 Å². The second kappa shape index (κ2) is 55.2. The normalized spacial score (nSPS) is 12.2. The Hall–Kier alpha value is -2.37. The molecule has 6 nitrogen and oxygen atoms in total. The van der Waals surface area contributed by atoms with E-state index in [0.29, 0.717) is 19.3 Å². The van der Waals surface area contributed by atoms with Crippen molar-refractivity contribution in [2.24, 2.45) is 0 Å².